The van der Waals surface area contributed by atoms with Crippen LogP contribution in [0.3, 0.4) is 0 Å². The third-order valence-corrected chi connectivity index (χ3v) is 3.46. The summed E-state index contributed by atoms with van der Waals surface area (Å²) in [5.74, 6) is 1.25. The first-order valence-electron chi connectivity index (χ1n) is 6.19. The second-order valence-corrected chi connectivity index (χ2v) is 4.96. The first-order chi connectivity index (χ1) is 7.75. The summed E-state index contributed by atoms with van der Waals surface area (Å²) in [6, 6.07) is 10.6. The average molecular weight is 219 g/mol. The molecule has 0 amide bonds. The molecule has 1 aromatic rings. The highest BCUT2D eigenvalue weighted by Crippen LogP contribution is 2.26. The predicted molar refractivity (Wildman–Crippen MR) is 66.5 cm³/mol. The Bertz CT molecular complexity index is 306. The fourth-order valence-corrected chi connectivity index (χ4v) is 2.27. The van der Waals surface area contributed by atoms with Crippen LogP contribution in [-0.4, -0.2) is 24.3 Å². The van der Waals surface area contributed by atoms with Gasteiger partial charge in [0.1, 0.15) is 0 Å². The fourth-order valence-electron chi connectivity index (χ4n) is 2.27. The molecule has 0 spiro atoms. The van der Waals surface area contributed by atoms with Gasteiger partial charge in [-0.05, 0) is 36.8 Å². The summed E-state index contributed by atoms with van der Waals surface area (Å²) < 4.78 is 0. The van der Waals surface area contributed by atoms with Gasteiger partial charge in [-0.25, -0.2) is 0 Å². The molecule has 0 heterocycles. The van der Waals surface area contributed by atoms with Gasteiger partial charge in [0, 0.05) is 6.54 Å². The van der Waals surface area contributed by atoms with Crippen LogP contribution in [0.15, 0.2) is 30.3 Å². The molecule has 1 unspecified atom stereocenters. The molecule has 2 nitrogen and oxygen atoms in total. The molecule has 1 aliphatic rings. The van der Waals surface area contributed by atoms with Crippen molar-refractivity contribution in [2.24, 2.45) is 5.92 Å². The van der Waals surface area contributed by atoms with E-state index in [0.717, 1.165) is 25.9 Å². The SMILES string of the molecule is CC(CNCC1CC(O)C1)c1ccccc1. The van der Waals surface area contributed by atoms with Gasteiger partial charge in [-0.2, -0.15) is 0 Å². The van der Waals surface area contributed by atoms with Crippen LogP contribution in [0, 0.1) is 5.92 Å². The Balaban J connectivity index is 1.66. The van der Waals surface area contributed by atoms with Gasteiger partial charge in [0.05, 0.1) is 6.10 Å². The molecular weight excluding hydrogens is 198 g/mol. The van der Waals surface area contributed by atoms with Gasteiger partial charge < -0.3 is 10.4 Å². The highest BCUT2D eigenvalue weighted by atomic mass is 16.3. The Kier molecular flexibility index (Phi) is 3.97. The van der Waals surface area contributed by atoms with Gasteiger partial charge in [0.2, 0.25) is 0 Å². The maximum Gasteiger partial charge on any atom is 0.0546 e. The molecule has 2 heteroatoms. The molecule has 16 heavy (non-hydrogen) atoms. The second-order valence-electron chi connectivity index (χ2n) is 4.96. The van der Waals surface area contributed by atoms with Gasteiger partial charge >= 0.3 is 0 Å². The minimum absolute atomic E-state index is 0.0293. The van der Waals surface area contributed by atoms with Crippen LogP contribution in [0.5, 0.6) is 0 Å². The van der Waals surface area contributed by atoms with Crippen molar-refractivity contribution in [2.75, 3.05) is 13.1 Å². The molecule has 2 N–H and O–H groups in total. The molecule has 0 aliphatic heterocycles. The molecule has 0 saturated heterocycles. The molecular formula is C14H21NO. The van der Waals surface area contributed by atoms with Crippen molar-refractivity contribution in [1.29, 1.82) is 0 Å². The molecule has 0 radical (unpaired) electrons. The third kappa shape index (κ3) is 3.06. The van der Waals surface area contributed by atoms with Crippen LogP contribution in [-0.2, 0) is 0 Å². The number of nitrogens with one attached hydrogen (secondary N) is 1. The standard InChI is InChI=1S/C14H21NO/c1-11(13-5-3-2-4-6-13)9-15-10-12-7-14(16)8-12/h2-6,11-12,14-16H,7-10H2,1H3. The van der Waals surface area contributed by atoms with E-state index in [9.17, 15) is 5.11 Å². The number of aliphatic hydroxyl groups is 1. The molecule has 0 aromatic heterocycles. The summed E-state index contributed by atoms with van der Waals surface area (Å²) >= 11 is 0. The summed E-state index contributed by atoms with van der Waals surface area (Å²) in [4.78, 5) is 0. The maximum atomic E-state index is 9.18. The van der Waals surface area contributed by atoms with E-state index >= 15 is 0 Å². The molecule has 1 aliphatic carbocycles. The molecule has 1 fully saturated rings. The lowest BCUT2D eigenvalue weighted by Crippen LogP contribution is -2.37. The lowest BCUT2D eigenvalue weighted by atomic mass is 9.82. The van der Waals surface area contributed by atoms with Crippen LogP contribution >= 0.6 is 0 Å². The minimum Gasteiger partial charge on any atom is -0.393 e. The van der Waals surface area contributed by atoms with E-state index in [1.807, 2.05) is 0 Å². The number of aliphatic hydroxyl groups excluding tert-OH is 1. The normalized spacial score (nSPS) is 26.1. The summed E-state index contributed by atoms with van der Waals surface area (Å²) in [5, 5.41) is 12.7. The van der Waals surface area contributed by atoms with Crippen molar-refractivity contribution < 1.29 is 5.11 Å². The summed E-state index contributed by atoms with van der Waals surface area (Å²) in [6.45, 7) is 4.32. The van der Waals surface area contributed by atoms with Gasteiger partial charge in [0.15, 0.2) is 0 Å². The summed E-state index contributed by atoms with van der Waals surface area (Å²) in [6.07, 6.45) is 1.93. The largest absolute Gasteiger partial charge is 0.393 e. The smallest absolute Gasteiger partial charge is 0.0546 e. The van der Waals surface area contributed by atoms with Crippen molar-refractivity contribution in [3.05, 3.63) is 35.9 Å². The van der Waals surface area contributed by atoms with Crippen LogP contribution in [0.4, 0.5) is 0 Å². The third-order valence-electron chi connectivity index (χ3n) is 3.46. The zero-order chi connectivity index (χ0) is 11.4. The van der Waals surface area contributed by atoms with Crippen LogP contribution < -0.4 is 5.32 Å². The van der Waals surface area contributed by atoms with Crippen molar-refractivity contribution in [3.63, 3.8) is 0 Å². The molecule has 1 aromatic carbocycles. The summed E-state index contributed by atoms with van der Waals surface area (Å²) in [5.41, 5.74) is 1.39. The van der Waals surface area contributed by atoms with Crippen LogP contribution in [0.1, 0.15) is 31.2 Å². The lowest BCUT2D eigenvalue weighted by molar-refractivity contribution is 0.0430. The van der Waals surface area contributed by atoms with E-state index in [2.05, 4.69) is 42.6 Å². The second kappa shape index (κ2) is 5.46. The van der Waals surface area contributed by atoms with Crippen molar-refractivity contribution in [3.8, 4) is 0 Å². The Morgan fingerprint density at radius 1 is 1.31 bits per heavy atom. The lowest BCUT2D eigenvalue weighted by Gasteiger charge is -2.31. The van der Waals surface area contributed by atoms with E-state index in [0.29, 0.717) is 11.8 Å². The zero-order valence-electron chi connectivity index (χ0n) is 9.89. The molecule has 2 rings (SSSR count). The highest BCUT2D eigenvalue weighted by Gasteiger charge is 2.26. The van der Waals surface area contributed by atoms with E-state index < -0.39 is 0 Å². The predicted octanol–water partition coefficient (Wildman–Crippen LogP) is 2.15. The molecule has 1 saturated carbocycles. The number of hydrogen-bond donors (Lipinski definition) is 2. The van der Waals surface area contributed by atoms with Crippen molar-refractivity contribution >= 4 is 0 Å². The minimum atomic E-state index is -0.0293. The first-order valence-corrected chi connectivity index (χ1v) is 6.19. The Morgan fingerprint density at radius 3 is 2.62 bits per heavy atom. The number of benzene rings is 1. The zero-order valence-corrected chi connectivity index (χ0v) is 9.89. The Morgan fingerprint density at radius 2 is 2.00 bits per heavy atom. The van der Waals surface area contributed by atoms with E-state index in [1.54, 1.807) is 0 Å². The quantitative estimate of drug-likeness (QED) is 0.795. The topological polar surface area (TPSA) is 32.3 Å². The van der Waals surface area contributed by atoms with Crippen LogP contribution in [0.2, 0.25) is 0 Å². The monoisotopic (exact) mass is 219 g/mol. The number of hydrogen-bond acceptors (Lipinski definition) is 2. The average Bonchev–Trinajstić information content (AvgIpc) is 2.27. The van der Waals surface area contributed by atoms with Gasteiger partial charge in [-0.3, -0.25) is 0 Å². The van der Waals surface area contributed by atoms with Crippen molar-refractivity contribution in [1.82, 2.24) is 5.32 Å². The Hall–Kier alpha value is -0.860. The molecule has 88 valence electrons. The van der Waals surface area contributed by atoms with E-state index in [4.69, 9.17) is 0 Å². The van der Waals surface area contributed by atoms with Gasteiger partial charge in [-0.1, -0.05) is 37.3 Å². The van der Waals surface area contributed by atoms with Gasteiger partial charge in [0.25, 0.3) is 0 Å². The molecule has 1 atom stereocenters. The van der Waals surface area contributed by atoms with E-state index in [1.165, 1.54) is 5.56 Å². The summed E-state index contributed by atoms with van der Waals surface area (Å²) in [7, 11) is 0. The first kappa shape index (κ1) is 11.6. The maximum absolute atomic E-state index is 9.18. The fraction of sp³-hybridized carbons (Fsp3) is 0.571. The van der Waals surface area contributed by atoms with Crippen molar-refractivity contribution in [2.45, 2.75) is 31.8 Å². The number of rotatable bonds is 5. The van der Waals surface area contributed by atoms with Crippen LogP contribution in [0.25, 0.3) is 0 Å². The van der Waals surface area contributed by atoms with Gasteiger partial charge in [-0.15, -0.1) is 0 Å². The highest BCUT2D eigenvalue weighted by molar-refractivity contribution is 5.18. The van der Waals surface area contributed by atoms with E-state index in [-0.39, 0.29) is 6.10 Å². The Labute approximate surface area is 97.7 Å². The molecule has 0 bridgehead atoms.